The first-order valence-corrected chi connectivity index (χ1v) is 7.11. The van der Waals surface area contributed by atoms with Crippen molar-refractivity contribution in [3.05, 3.63) is 36.2 Å². The smallest absolute Gasteiger partial charge is 0.166 e. The Labute approximate surface area is 123 Å². The highest BCUT2D eigenvalue weighted by molar-refractivity contribution is 5.49. The Morgan fingerprint density at radius 1 is 1.29 bits per heavy atom. The number of aliphatic hydroxyl groups excluding tert-OH is 1. The van der Waals surface area contributed by atoms with E-state index in [1.807, 2.05) is 24.4 Å². The van der Waals surface area contributed by atoms with Crippen molar-refractivity contribution in [2.45, 2.75) is 19.5 Å². The number of ether oxygens (including phenoxy) is 2. The van der Waals surface area contributed by atoms with Gasteiger partial charge >= 0.3 is 0 Å². The second-order valence-electron chi connectivity index (χ2n) is 4.86. The fraction of sp³-hybridized carbons (Fsp3) is 0.400. The first-order chi connectivity index (χ1) is 10.4. The second kappa shape index (κ2) is 6.49. The van der Waals surface area contributed by atoms with Crippen molar-refractivity contribution >= 4 is 5.69 Å². The predicted octanol–water partition coefficient (Wildman–Crippen LogP) is 1.65. The van der Waals surface area contributed by atoms with Crippen LogP contribution < -0.4 is 14.8 Å². The Bertz CT molecular complexity index is 598. The zero-order valence-electron chi connectivity index (χ0n) is 11.8. The molecule has 6 nitrogen and oxygen atoms in total. The highest BCUT2D eigenvalue weighted by atomic mass is 16.5. The van der Waals surface area contributed by atoms with Gasteiger partial charge in [-0.25, -0.2) is 0 Å². The van der Waals surface area contributed by atoms with Crippen molar-refractivity contribution in [1.82, 2.24) is 9.78 Å². The quantitative estimate of drug-likeness (QED) is 0.876. The van der Waals surface area contributed by atoms with Crippen LogP contribution in [0.1, 0.15) is 12.0 Å². The molecule has 0 spiro atoms. The van der Waals surface area contributed by atoms with Gasteiger partial charge in [0.2, 0.25) is 0 Å². The van der Waals surface area contributed by atoms with E-state index in [-0.39, 0.29) is 6.61 Å². The number of benzene rings is 1. The molecule has 2 heterocycles. The minimum Gasteiger partial charge on any atom is -0.490 e. The molecule has 0 saturated heterocycles. The number of rotatable bonds is 5. The van der Waals surface area contributed by atoms with E-state index in [1.54, 1.807) is 10.9 Å². The van der Waals surface area contributed by atoms with Crippen LogP contribution in [0.15, 0.2) is 30.6 Å². The number of nitrogens with zero attached hydrogens (tertiary/aromatic N) is 2. The number of nitrogens with one attached hydrogen (secondary N) is 1. The molecular weight excluding hydrogens is 270 g/mol. The summed E-state index contributed by atoms with van der Waals surface area (Å²) >= 11 is 0. The first kappa shape index (κ1) is 13.8. The monoisotopic (exact) mass is 289 g/mol. The largest absolute Gasteiger partial charge is 0.490 e. The lowest BCUT2D eigenvalue weighted by atomic mass is 10.2. The molecule has 2 aromatic rings. The van der Waals surface area contributed by atoms with E-state index >= 15 is 0 Å². The summed E-state index contributed by atoms with van der Waals surface area (Å²) in [6.07, 6.45) is 4.51. The molecule has 0 saturated carbocycles. The van der Waals surface area contributed by atoms with Crippen molar-refractivity contribution in [2.24, 2.45) is 0 Å². The molecule has 0 aliphatic carbocycles. The van der Waals surface area contributed by atoms with Crippen LogP contribution in [0.3, 0.4) is 0 Å². The van der Waals surface area contributed by atoms with Crippen LogP contribution in [0.25, 0.3) is 0 Å². The van der Waals surface area contributed by atoms with Crippen LogP contribution in [0.2, 0.25) is 0 Å². The Balaban J connectivity index is 1.69. The van der Waals surface area contributed by atoms with Crippen molar-refractivity contribution in [2.75, 3.05) is 25.1 Å². The number of anilines is 1. The number of aliphatic hydroxyl groups is 1. The third kappa shape index (κ3) is 3.28. The Morgan fingerprint density at radius 3 is 3.10 bits per heavy atom. The van der Waals surface area contributed by atoms with Crippen LogP contribution in [-0.2, 0) is 13.1 Å². The summed E-state index contributed by atoms with van der Waals surface area (Å²) in [5.41, 5.74) is 1.97. The lowest BCUT2D eigenvalue weighted by molar-refractivity contribution is 0.269. The summed E-state index contributed by atoms with van der Waals surface area (Å²) in [5, 5.41) is 16.4. The summed E-state index contributed by atoms with van der Waals surface area (Å²) in [7, 11) is 0. The van der Waals surface area contributed by atoms with Crippen molar-refractivity contribution in [1.29, 1.82) is 0 Å². The van der Waals surface area contributed by atoms with Crippen molar-refractivity contribution in [3.63, 3.8) is 0 Å². The molecule has 112 valence electrons. The van der Waals surface area contributed by atoms with E-state index in [1.165, 1.54) is 0 Å². The maximum atomic E-state index is 8.88. The topological polar surface area (TPSA) is 68.5 Å². The molecule has 0 unspecified atom stereocenters. The van der Waals surface area contributed by atoms with Gasteiger partial charge in [-0.15, -0.1) is 0 Å². The molecule has 21 heavy (non-hydrogen) atoms. The maximum Gasteiger partial charge on any atom is 0.166 e. The van der Waals surface area contributed by atoms with E-state index in [9.17, 15) is 0 Å². The Hall–Kier alpha value is -2.21. The normalized spacial score (nSPS) is 13.8. The molecule has 3 rings (SSSR count). The van der Waals surface area contributed by atoms with Crippen LogP contribution in [0.5, 0.6) is 11.5 Å². The van der Waals surface area contributed by atoms with E-state index < -0.39 is 0 Å². The van der Waals surface area contributed by atoms with Crippen LogP contribution in [0.4, 0.5) is 5.69 Å². The standard InChI is InChI=1S/C15H19N3O3/c19-6-5-18-11-13(10-17-18)16-9-12-3-1-4-14-15(12)21-8-2-7-20-14/h1,3-4,10-11,16,19H,2,5-9H2. The third-order valence-electron chi connectivity index (χ3n) is 3.30. The molecule has 1 aliphatic heterocycles. The summed E-state index contributed by atoms with van der Waals surface area (Å²) in [6, 6.07) is 5.93. The molecule has 2 N–H and O–H groups in total. The van der Waals surface area contributed by atoms with Gasteiger partial charge in [-0.2, -0.15) is 5.10 Å². The minimum atomic E-state index is 0.0818. The van der Waals surface area contributed by atoms with Gasteiger partial charge in [0.15, 0.2) is 11.5 Å². The van der Waals surface area contributed by atoms with Gasteiger partial charge in [-0.3, -0.25) is 4.68 Å². The highest BCUT2D eigenvalue weighted by Crippen LogP contribution is 2.33. The summed E-state index contributed by atoms with van der Waals surface area (Å²) in [4.78, 5) is 0. The zero-order valence-corrected chi connectivity index (χ0v) is 11.8. The number of fused-ring (bicyclic) bond motifs is 1. The predicted molar refractivity (Wildman–Crippen MR) is 78.7 cm³/mol. The third-order valence-corrected chi connectivity index (χ3v) is 3.30. The lowest BCUT2D eigenvalue weighted by Crippen LogP contribution is -2.04. The van der Waals surface area contributed by atoms with E-state index in [0.29, 0.717) is 26.3 Å². The molecule has 1 aromatic heterocycles. The molecule has 0 atom stereocenters. The van der Waals surface area contributed by atoms with Crippen molar-refractivity contribution < 1.29 is 14.6 Å². The summed E-state index contributed by atoms with van der Waals surface area (Å²) < 4.78 is 13.2. The molecule has 0 bridgehead atoms. The fourth-order valence-corrected chi connectivity index (χ4v) is 2.27. The molecule has 0 radical (unpaired) electrons. The van der Waals surface area contributed by atoms with E-state index in [4.69, 9.17) is 14.6 Å². The number of aromatic nitrogens is 2. The first-order valence-electron chi connectivity index (χ1n) is 7.11. The second-order valence-corrected chi connectivity index (χ2v) is 4.86. The van der Waals surface area contributed by atoms with E-state index in [0.717, 1.165) is 29.2 Å². The van der Waals surface area contributed by atoms with Gasteiger partial charge in [0.05, 0.1) is 38.2 Å². The lowest BCUT2D eigenvalue weighted by Gasteiger charge is -2.12. The molecule has 1 aliphatic rings. The van der Waals surface area contributed by atoms with Gasteiger partial charge in [0, 0.05) is 24.7 Å². The fourth-order valence-electron chi connectivity index (χ4n) is 2.27. The molecule has 6 heteroatoms. The SMILES string of the molecule is OCCn1cc(NCc2cccc3c2OCCCO3)cn1. The van der Waals surface area contributed by atoms with Gasteiger partial charge in [-0.1, -0.05) is 12.1 Å². The van der Waals surface area contributed by atoms with Gasteiger partial charge in [0.25, 0.3) is 0 Å². The van der Waals surface area contributed by atoms with Gasteiger partial charge < -0.3 is 19.9 Å². The Kier molecular flexibility index (Phi) is 4.25. The summed E-state index contributed by atoms with van der Waals surface area (Å²) in [5.74, 6) is 1.63. The molecule has 1 aromatic carbocycles. The highest BCUT2D eigenvalue weighted by Gasteiger charge is 2.14. The van der Waals surface area contributed by atoms with Crippen molar-refractivity contribution in [3.8, 4) is 11.5 Å². The van der Waals surface area contributed by atoms with Gasteiger partial charge in [-0.05, 0) is 6.07 Å². The van der Waals surface area contributed by atoms with Crippen LogP contribution in [0, 0.1) is 0 Å². The maximum absolute atomic E-state index is 8.88. The molecule has 0 fully saturated rings. The minimum absolute atomic E-state index is 0.0818. The zero-order chi connectivity index (χ0) is 14.5. The summed E-state index contributed by atoms with van der Waals surface area (Å²) in [6.45, 7) is 2.59. The number of para-hydroxylation sites is 1. The Morgan fingerprint density at radius 2 is 2.19 bits per heavy atom. The number of hydrogen-bond acceptors (Lipinski definition) is 5. The molecule has 0 amide bonds. The number of hydrogen-bond donors (Lipinski definition) is 2. The average Bonchev–Trinajstić information content (AvgIpc) is 2.80. The average molecular weight is 289 g/mol. The van der Waals surface area contributed by atoms with Crippen LogP contribution in [-0.4, -0.2) is 34.7 Å². The van der Waals surface area contributed by atoms with E-state index in [2.05, 4.69) is 10.4 Å². The van der Waals surface area contributed by atoms with Crippen LogP contribution >= 0.6 is 0 Å². The van der Waals surface area contributed by atoms with Gasteiger partial charge in [0.1, 0.15) is 0 Å². The molecular formula is C15H19N3O3.